The number of hydrogen-bond acceptors (Lipinski definition) is 7. The fraction of sp³-hybridized carbons (Fsp3) is 0.375. The molecule has 0 radical (unpaired) electrons. The molecule has 0 spiro atoms. The van der Waals surface area contributed by atoms with Gasteiger partial charge in [0.1, 0.15) is 10.5 Å². The molecule has 2 aromatic rings. The smallest absolute Gasteiger partial charge is 0.358 e. The summed E-state index contributed by atoms with van der Waals surface area (Å²) in [6.45, 7) is 1.27. The molecule has 1 aliphatic carbocycles. The normalized spacial score (nSPS) is 16.0. The Morgan fingerprint density at radius 2 is 2.29 bits per heavy atom. The Hall–Kier alpha value is -2.24. The van der Waals surface area contributed by atoms with Crippen LogP contribution in [-0.2, 0) is 9.53 Å². The number of nitriles is 1. The van der Waals surface area contributed by atoms with Gasteiger partial charge in [0.25, 0.3) is 5.91 Å². The minimum atomic E-state index is -0.893. The summed E-state index contributed by atoms with van der Waals surface area (Å²) in [4.78, 5) is 28.1. The molecule has 0 aromatic carbocycles. The zero-order valence-corrected chi connectivity index (χ0v) is 14.6. The van der Waals surface area contributed by atoms with Crippen LogP contribution in [0.5, 0.6) is 0 Å². The summed E-state index contributed by atoms with van der Waals surface area (Å²) in [5, 5.41) is 18.1. The zero-order valence-electron chi connectivity index (χ0n) is 12.9. The van der Waals surface area contributed by atoms with Gasteiger partial charge in [-0.05, 0) is 37.1 Å². The Balaban J connectivity index is 1.54. The van der Waals surface area contributed by atoms with Gasteiger partial charge in [-0.25, -0.2) is 9.78 Å². The summed E-state index contributed by atoms with van der Waals surface area (Å²) >= 11 is 2.90. The van der Waals surface area contributed by atoms with Crippen LogP contribution in [0.3, 0.4) is 0 Å². The van der Waals surface area contributed by atoms with Crippen LogP contribution < -0.4 is 5.32 Å². The van der Waals surface area contributed by atoms with E-state index in [0.29, 0.717) is 0 Å². The van der Waals surface area contributed by atoms with Gasteiger partial charge in [0.05, 0.1) is 6.07 Å². The maximum Gasteiger partial charge on any atom is 0.358 e. The molecule has 0 bridgehead atoms. The van der Waals surface area contributed by atoms with Crippen LogP contribution >= 0.6 is 22.7 Å². The number of carbonyl (C=O) groups excluding carboxylic acids is 2. The van der Waals surface area contributed by atoms with E-state index in [2.05, 4.69) is 16.4 Å². The molecule has 1 aliphatic rings. The van der Waals surface area contributed by atoms with E-state index in [9.17, 15) is 14.9 Å². The average molecular weight is 361 g/mol. The average Bonchev–Trinajstić information content (AvgIpc) is 3.10. The first-order valence-electron chi connectivity index (χ1n) is 7.39. The number of amides is 1. The molecule has 0 saturated heterocycles. The molecular weight excluding hydrogens is 346 g/mol. The van der Waals surface area contributed by atoms with Gasteiger partial charge < -0.3 is 10.1 Å². The molecule has 2 heterocycles. The van der Waals surface area contributed by atoms with Gasteiger partial charge in [0, 0.05) is 16.3 Å². The number of thiophene rings is 1. The Labute approximate surface area is 147 Å². The Bertz CT molecular complexity index is 790. The highest BCUT2D eigenvalue weighted by atomic mass is 32.1. The van der Waals surface area contributed by atoms with Crippen LogP contribution in [0.1, 0.15) is 30.3 Å². The van der Waals surface area contributed by atoms with Gasteiger partial charge in [-0.1, -0.05) is 0 Å². The number of aromatic nitrogens is 1. The maximum atomic E-state index is 12.0. The van der Waals surface area contributed by atoms with Crippen molar-refractivity contribution < 1.29 is 14.3 Å². The molecule has 0 aliphatic heterocycles. The summed E-state index contributed by atoms with van der Waals surface area (Å²) in [6.07, 6.45) is 1.85. The van der Waals surface area contributed by atoms with Gasteiger partial charge in [0.15, 0.2) is 12.3 Å². The zero-order chi connectivity index (χ0) is 17.2. The summed E-state index contributed by atoms with van der Waals surface area (Å²) in [7, 11) is 0. The van der Waals surface area contributed by atoms with Gasteiger partial charge in [-0.3, -0.25) is 4.79 Å². The van der Waals surface area contributed by atoms with Crippen LogP contribution in [0.25, 0.3) is 10.6 Å². The van der Waals surface area contributed by atoms with Crippen molar-refractivity contribution in [2.24, 2.45) is 5.92 Å². The van der Waals surface area contributed by atoms with Gasteiger partial charge in [0.2, 0.25) is 0 Å². The molecule has 1 N–H and O–H groups in total. The van der Waals surface area contributed by atoms with Crippen LogP contribution in [0.4, 0.5) is 0 Å². The number of carbonyl (C=O) groups is 2. The summed E-state index contributed by atoms with van der Waals surface area (Å²) in [5.41, 5.74) is 0.242. The number of rotatable bonds is 6. The highest BCUT2D eigenvalue weighted by Gasteiger charge is 2.43. The summed E-state index contributed by atoms with van der Waals surface area (Å²) < 4.78 is 5.00. The highest BCUT2D eigenvalue weighted by Crippen LogP contribution is 2.39. The second-order valence-corrected chi connectivity index (χ2v) is 7.40. The standard InChI is InChI=1S/C16H15N3O3S2/c1-16(9-17,11-2-3-11)19-13(20)6-22-15(21)12-8-24-14(18-12)10-4-5-23-7-10/h4-5,7-8,11H,2-3,6H2,1H3,(H,19,20). The van der Waals surface area contributed by atoms with E-state index in [1.807, 2.05) is 16.8 Å². The van der Waals surface area contributed by atoms with Crippen molar-refractivity contribution in [2.75, 3.05) is 6.61 Å². The van der Waals surface area contributed by atoms with Crippen molar-refractivity contribution in [2.45, 2.75) is 25.3 Å². The SMILES string of the molecule is CC(C#N)(NC(=O)COC(=O)c1csc(-c2ccsc2)n1)C1CC1. The van der Waals surface area contributed by atoms with Crippen LogP contribution in [0.15, 0.2) is 22.2 Å². The van der Waals surface area contributed by atoms with Crippen molar-refractivity contribution in [1.82, 2.24) is 10.3 Å². The highest BCUT2D eigenvalue weighted by molar-refractivity contribution is 7.14. The van der Waals surface area contributed by atoms with Gasteiger partial charge >= 0.3 is 5.97 Å². The third kappa shape index (κ3) is 3.63. The third-order valence-electron chi connectivity index (χ3n) is 3.84. The van der Waals surface area contributed by atoms with E-state index < -0.39 is 24.0 Å². The molecule has 6 nitrogen and oxygen atoms in total. The first-order valence-corrected chi connectivity index (χ1v) is 9.21. The molecule has 8 heteroatoms. The second kappa shape index (κ2) is 6.71. The van der Waals surface area contributed by atoms with E-state index in [-0.39, 0.29) is 11.6 Å². The molecular formula is C16H15N3O3S2. The first-order chi connectivity index (χ1) is 11.5. The maximum absolute atomic E-state index is 12.0. The summed E-state index contributed by atoms with van der Waals surface area (Å²) in [5.74, 6) is -0.950. The van der Waals surface area contributed by atoms with Crippen molar-refractivity contribution in [3.63, 3.8) is 0 Å². The first kappa shape index (κ1) is 16.6. The number of nitrogens with one attached hydrogen (secondary N) is 1. The largest absolute Gasteiger partial charge is 0.451 e. The quantitative estimate of drug-likeness (QED) is 0.799. The number of nitrogens with zero attached hydrogens (tertiary/aromatic N) is 2. The lowest BCUT2D eigenvalue weighted by Gasteiger charge is -2.22. The predicted molar refractivity (Wildman–Crippen MR) is 90.6 cm³/mol. The number of ether oxygens (including phenoxy) is 1. The molecule has 3 rings (SSSR count). The lowest BCUT2D eigenvalue weighted by atomic mass is 9.98. The molecule has 124 valence electrons. The number of esters is 1. The lowest BCUT2D eigenvalue weighted by Crippen LogP contribution is -2.48. The molecule has 24 heavy (non-hydrogen) atoms. The molecule has 2 aromatic heterocycles. The van der Waals surface area contributed by atoms with Crippen molar-refractivity contribution in [3.05, 3.63) is 27.9 Å². The fourth-order valence-corrected chi connectivity index (χ4v) is 3.80. The van der Waals surface area contributed by atoms with E-state index in [0.717, 1.165) is 23.4 Å². The minimum absolute atomic E-state index is 0.175. The predicted octanol–water partition coefficient (Wildman–Crippen LogP) is 2.84. The number of hydrogen-bond donors (Lipinski definition) is 1. The second-order valence-electron chi connectivity index (χ2n) is 5.76. The van der Waals surface area contributed by atoms with Crippen molar-refractivity contribution in [3.8, 4) is 16.6 Å². The lowest BCUT2D eigenvalue weighted by molar-refractivity contribution is -0.125. The van der Waals surface area contributed by atoms with Gasteiger partial charge in [-0.2, -0.15) is 16.6 Å². The minimum Gasteiger partial charge on any atom is -0.451 e. The summed E-state index contributed by atoms with van der Waals surface area (Å²) in [6, 6.07) is 4.05. The Morgan fingerprint density at radius 3 is 2.92 bits per heavy atom. The van der Waals surface area contributed by atoms with E-state index in [1.54, 1.807) is 23.6 Å². The van der Waals surface area contributed by atoms with E-state index in [1.165, 1.54) is 11.3 Å². The van der Waals surface area contributed by atoms with Gasteiger partial charge in [-0.15, -0.1) is 11.3 Å². The topological polar surface area (TPSA) is 92.1 Å². The Morgan fingerprint density at radius 1 is 1.50 bits per heavy atom. The number of thiazole rings is 1. The van der Waals surface area contributed by atoms with E-state index in [4.69, 9.17) is 4.74 Å². The van der Waals surface area contributed by atoms with Crippen LogP contribution in [-0.4, -0.2) is 29.0 Å². The van der Waals surface area contributed by atoms with Crippen LogP contribution in [0, 0.1) is 17.2 Å². The third-order valence-corrected chi connectivity index (χ3v) is 5.42. The monoisotopic (exact) mass is 361 g/mol. The van der Waals surface area contributed by atoms with Crippen molar-refractivity contribution in [1.29, 1.82) is 5.26 Å². The molecule has 1 amide bonds. The molecule has 1 fully saturated rings. The Kier molecular flexibility index (Phi) is 4.64. The van der Waals surface area contributed by atoms with Crippen LogP contribution in [0.2, 0.25) is 0 Å². The molecule has 1 unspecified atom stereocenters. The molecule has 1 atom stereocenters. The van der Waals surface area contributed by atoms with E-state index >= 15 is 0 Å². The van der Waals surface area contributed by atoms with Crippen molar-refractivity contribution >= 4 is 34.6 Å². The fourth-order valence-electron chi connectivity index (χ4n) is 2.30. The molecule has 1 saturated carbocycles.